The van der Waals surface area contributed by atoms with Crippen LogP contribution in [0.1, 0.15) is 23.9 Å². The number of aromatic nitrogens is 2. The third-order valence-corrected chi connectivity index (χ3v) is 4.12. The van der Waals surface area contributed by atoms with Gasteiger partial charge in [-0.2, -0.15) is 4.98 Å². The van der Waals surface area contributed by atoms with Gasteiger partial charge in [0.25, 0.3) is 5.89 Å². The molecule has 118 valence electrons. The second-order valence-electron chi connectivity index (χ2n) is 5.71. The summed E-state index contributed by atoms with van der Waals surface area (Å²) in [7, 11) is 0. The molecule has 4 heterocycles. The highest BCUT2D eigenvalue weighted by molar-refractivity contribution is 5.51. The van der Waals surface area contributed by atoms with Crippen LogP contribution in [0.3, 0.4) is 0 Å². The van der Waals surface area contributed by atoms with Crippen molar-refractivity contribution in [1.29, 1.82) is 0 Å². The van der Waals surface area contributed by atoms with Gasteiger partial charge in [0.1, 0.15) is 12.0 Å². The van der Waals surface area contributed by atoms with E-state index >= 15 is 0 Å². The van der Waals surface area contributed by atoms with Crippen molar-refractivity contribution in [2.24, 2.45) is 0 Å². The van der Waals surface area contributed by atoms with Crippen molar-refractivity contribution in [3.8, 4) is 11.5 Å². The first kappa shape index (κ1) is 13.9. The molecule has 2 aliphatic rings. The van der Waals surface area contributed by atoms with Crippen LogP contribution in [0.5, 0.6) is 0 Å². The Labute approximate surface area is 128 Å². The average Bonchev–Trinajstić information content (AvgIpc) is 3.29. The SMILES string of the molecule is c1oc(CN2CCOCC2)cc1-c1nc([C@H]2CCOC2)no1. The fourth-order valence-electron chi connectivity index (χ4n) is 2.81. The molecule has 2 aromatic rings. The Morgan fingerprint density at radius 2 is 2.09 bits per heavy atom. The fraction of sp³-hybridized carbons (Fsp3) is 0.600. The van der Waals surface area contributed by atoms with E-state index < -0.39 is 0 Å². The number of furan rings is 1. The smallest absolute Gasteiger partial charge is 0.261 e. The summed E-state index contributed by atoms with van der Waals surface area (Å²) >= 11 is 0. The van der Waals surface area contributed by atoms with E-state index in [1.54, 1.807) is 6.26 Å². The van der Waals surface area contributed by atoms with Gasteiger partial charge in [-0.3, -0.25) is 4.90 Å². The lowest BCUT2D eigenvalue weighted by molar-refractivity contribution is 0.0313. The Balaban J connectivity index is 1.44. The average molecular weight is 305 g/mol. The van der Waals surface area contributed by atoms with Gasteiger partial charge in [-0.25, -0.2) is 0 Å². The molecule has 2 aliphatic heterocycles. The predicted molar refractivity (Wildman–Crippen MR) is 76.3 cm³/mol. The van der Waals surface area contributed by atoms with E-state index in [1.165, 1.54) is 0 Å². The van der Waals surface area contributed by atoms with Crippen molar-refractivity contribution >= 4 is 0 Å². The molecule has 7 nitrogen and oxygen atoms in total. The van der Waals surface area contributed by atoms with Crippen LogP contribution in [0.2, 0.25) is 0 Å². The van der Waals surface area contributed by atoms with Gasteiger partial charge in [0, 0.05) is 25.6 Å². The Hall–Kier alpha value is -1.70. The summed E-state index contributed by atoms with van der Waals surface area (Å²) in [5.41, 5.74) is 0.834. The van der Waals surface area contributed by atoms with E-state index in [2.05, 4.69) is 15.0 Å². The number of rotatable bonds is 4. The maximum absolute atomic E-state index is 5.62. The predicted octanol–water partition coefficient (Wildman–Crippen LogP) is 1.67. The first-order valence-electron chi connectivity index (χ1n) is 7.68. The molecule has 22 heavy (non-hydrogen) atoms. The molecule has 7 heteroatoms. The summed E-state index contributed by atoms with van der Waals surface area (Å²) in [6.07, 6.45) is 2.63. The van der Waals surface area contributed by atoms with Crippen molar-refractivity contribution in [1.82, 2.24) is 15.0 Å². The van der Waals surface area contributed by atoms with Crippen LogP contribution in [0.15, 0.2) is 21.3 Å². The second-order valence-corrected chi connectivity index (χ2v) is 5.71. The first-order chi connectivity index (χ1) is 10.9. The lowest BCUT2D eigenvalue weighted by Gasteiger charge is -2.25. The van der Waals surface area contributed by atoms with Crippen LogP contribution < -0.4 is 0 Å². The van der Waals surface area contributed by atoms with E-state index in [-0.39, 0.29) is 5.92 Å². The molecule has 0 unspecified atom stereocenters. The molecule has 2 aromatic heterocycles. The molecule has 0 aliphatic carbocycles. The van der Waals surface area contributed by atoms with Gasteiger partial charge in [0.05, 0.1) is 31.9 Å². The zero-order chi connectivity index (χ0) is 14.8. The lowest BCUT2D eigenvalue weighted by atomic mass is 10.1. The fourth-order valence-corrected chi connectivity index (χ4v) is 2.81. The number of ether oxygens (including phenoxy) is 2. The molecular formula is C15H19N3O4. The molecule has 2 fully saturated rings. The molecule has 0 bridgehead atoms. The van der Waals surface area contributed by atoms with Gasteiger partial charge in [-0.1, -0.05) is 5.16 Å². The summed E-state index contributed by atoms with van der Waals surface area (Å²) in [4.78, 5) is 6.78. The third kappa shape index (κ3) is 2.92. The van der Waals surface area contributed by atoms with E-state index in [1.807, 2.05) is 6.07 Å². The molecule has 2 saturated heterocycles. The van der Waals surface area contributed by atoms with Crippen molar-refractivity contribution in [3.05, 3.63) is 23.9 Å². The Morgan fingerprint density at radius 3 is 2.91 bits per heavy atom. The molecule has 0 N–H and O–H groups in total. The van der Waals surface area contributed by atoms with Crippen LogP contribution in [0.4, 0.5) is 0 Å². The monoisotopic (exact) mass is 305 g/mol. The van der Waals surface area contributed by atoms with Crippen LogP contribution in [-0.4, -0.2) is 54.6 Å². The second kappa shape index (κ2) is 6.20. The van der Waals surface area contributed by atoms with Gasteiger partial charge >= 0.3 is 0 Å². The van der Waals surface area contributed by atoms with E-state index in [4.69, 9.17) is 18.4 Å². The lowest BCUT2D eigenvalue weighted by Crippen LogP contribution is -2.35. The highest BCUT2D eigenvalue weighted by Gasteiger charge is 2.24. The van der Waals surface area contributed by atoms with Crippen molar-refractivity contribution in [2.75, 3.05) is 39.5 Å². The van der Waals surface area contributed by atoms with Crippen molar-refractivity contribution in [3.63, 3.8) is 0 Å². The topological polar surface area (TPSA) is 73.8 Å². The number of morpholine rings is 1. The maximum atomic E-state index is 5.62. The first-order valence-corrected chi connectivity index (χ1v) is 7.68. The maximum Gasteiger partial charge on any atom is 0.261 e. The van der Waals surface area contributed by atoms with E-state index in [0.717, 1.165) is 63.0 Å². The molecule has 0 radical (unpaired) electrons. The zero-order valence-corrected chi connectivity index (χ0v) is 12.4. The number of nitrogens with zero attached hydrogens (tertiary/aromatic N) is 3. The summed E-state index contributed by atoms with van der Waals surface area (Å²) in [6.45, 7) is 5.65. The van der Waals surface area contributed by atoms with Crippen molar-refractivity contribution in [2.45, 2.75) is 18.9 Å². The highest BCUT2D eigenvalue weighted by Crippen LogP contribution is 2.26. The highest BCUT2D eigenvalue weighted by atomic mass is 16.5. The van der Waals surface area contributed by atoms with Crippen LogP contribution in [0, 0.1) is 0 Å². The normalized spacial score (nSPS) is 23.2. The van der Waals surface area contributed by atoms with Crippen LogP contribution in [0.25, 0.3) is 11.5 Å². The van der Waals surface area contributed by atoms with E-state index in [9.17, 15) is 0 Å². The van der Waals surface area contributed by atoms with Gasteiger partial charge in [0.15, 0.2) is 5.82 Å². The van der Waals surface area contributed by atoms with Gasteiger partial charge in [-0.15, -0.1) is 0 Å². The van der Waals surface area contributed by atoms with Crippen LogP contribution in [-0.2, 0) is 16.0 Å². The quantitative estimate of drug-likeness (QED) is 0.850. The van der Waals surface area contributed by atoms with Crippen LogP contribution >= 0.6 is 0 Å². The molecule has 4 rings (SSSR count). The minimum absolute atomic E-state index is 0.247. The summed E-state index contributed by atoms with van der Waals surface area (Å²) in [5.74, 6) is 2.39. The van der Waals surface area contributed by atoms with Gasteiger partial charge < -0.3 is 18.4 Å². The molecule has 1 atom stereocenters. The van der Waals surface area contributed by atoms with Gasteiger partial charge in [0.2, 0.25) is 0 Å². The number of hydrogen-bond donors (Lipinski definition) is 0. The Morgan fingerprint density at radius 1 is 1.18 bits per heavy atom. The summed E-state index contributed by atoms with van der Waals surface area (Å²) in [5, 5.41) is 4.06. The summed E-state index contributed by atoms with van der Waals surface area (Å²) in [6, 6.07) is 1.97. The zero-order valence-electron chi connectivity index (χ0n) is 12.4. The minimum Gasteiger partial charge on any atom is -0.467 e. The standard InChI is InChI=1S/C15H19N3O4/c1-4-20-9-11(1)14-16-15(22-17-14)12-7-13(21-10-12)8-18-2-5-19-6-3-18/h7,10-11H,1-6,8-9H2/t11-/m0/s1. The molecular weight excluding hydrogens is 286 g/mol. The molecule has 0 aromatic carbocycles. The Bertz CT molecular complexity index is 612. The minimum atomic E-state index is 0.247. The Kier molecular flexibility index (Phi) is 3.92. The van der Waals surface area contributed by atoms with Crippen molar-refractivity contribution < 1.29 is 18.4 Å². The molecule has 0 saturated carbocycles. The third-order valence-electron chi connectivity index (χ3n) is 4.12. The largest absolute Gasteiger partial charge is 0.467 e. The molecule has 0 spiro atoms. The molecule has 0 amide bonds. The van der Waals surface area contributed by atoms with E-state index in [0.29, 0.717) is 12.5 Å². The van der Waals surface area contributed by atoms with Gasteiger partial charge in [-0.05, 0) is 12.5 Å². The summed E-state index contributed by atoms with van der Waals surface area (Å²) < 4.78 is 21.7. The number of hydrogen-bond acceptors (Lipinski definition) is 7.